The molecular weight excluding hydrogens is 354 g/mol. The van der Waals surface area contributed by atoms with Gasteiger partial charge in [-0.25, -0.2) is 4.68 Å². The zero-order chi connectivity index (χ0) is 19.2. The molecule has 0 amide bonds. The first-order valence-corrected chi connectivity index (χ1v) is 10.4. The second-order valence-corrected chi connectivity index (χ2v) is 7.50. The molecule has 7 heteroatoms. The molecule has 2 aromatic rings. The van der Waals surface area contributed by atoms with E-state index in [1.807, 2.05) is 11.1 Å². The molecule has 4 rings (SSSR count). The Morgan fingerprint density at radius 1 is 1.14 bits per heavy atom. The number of tetrazole rings is 1. The summed E-state index contributed by atoms with van der Waals surface area (Å²) in [5.74, 6) is 1.92. The second kappa shape index (κ2) is 9.19. The topological polar surface area (TPSA) is 65.3 Å². The molecule has 0 spiro atoms. The van der Waals surface area contributed by atoms with E-state index in [0.29, 0.717) is 12.6 Å². The van der Waals surface area contributed by atoms with Crippen LogP contribution < -0.4 is 9.80 Å². The van der Waals surface area contributed by atoms with E-state index >= 15 is 0 Å². The SMILES string of the molecule is CON1CC=Cc2cc(OCCCCc3nnnn3C3CCCCC3)ccc21. The van der Waals surface area contributed by atoms with Crippen LogP contribution in [0.3, 0.4) is 0 Å². The van der Waals surface area contributed by atoms with Crippen molar-refractivity contribution in [1.82, 2.24) is 20.2 Å². The fourth-order valence-electron chi connectivity index (χ4n) is 4.09. The molecule has 150 valence electrons. The Kier molecular flexibility index (Phi) is 6.21. The summed E-state index contributed by atoms with van der Waals surface area (Å²) in [6, 6.07) is 6.62. The summed E-state index contributed by atoms with van der Waals surface area (Å²) >= 11 is 0. The van der Waals surface area contributed by atoms with Gasteiger partial charge in [0.1, 0.15) is 5.75 Å². The molecule has 2 aliphatic rings. The Balaban J connectivity index is 1.24. The van der Waals surface area contributed by atoms with Crippen molar-refractivity contribution >= 4 is 11.8 Å². The first-order chi connectivity index (χ1) is 13.8. The van der Waals surface area contributed by atoms with Gasteiger partial charge >= 0.3 is 0 Å². The minimum Gasteiger partial charge on any atom is -0.494 e. The third kappa shape index (κ3) is 4.35. The predicted octanol–water partition coefficient (Wildman–Crippen LogP) is 3.97. The third-order valence-electron chi connectivity index (χ3n) is 5.60. The standard InChI is InChI=1S/C21H29N5O2/c1-27-25-14-7-8-17-16-19(12-13-20(17)25)28-15-6-5-11-21-22-23-24-26(21)18-9-3-2-4-10-18/h7-8,12-13,16,18H,2-6,9-11,14-15H2,1H3. The number of rotatable bonds is 8. The average molecular weight is 383 g/mol. The molecule has 1 saturated carbocycles. The van der Waals surface area contributed by atoms with E-state index < -0.39 is 0 Å². The minimum absolute atomic E-state index is 0.491. The lowest BCUT2D eigenvalue weighted by Gasteiger charge is -2.25. The molecule has 7 nitrogen and oxygen atoms in total. The molecule has 28 heavy (non-hydrogen) atoms. The molecule has 0 atom stereocenters. The highest BCUT2D eigenvalue weighted by Gasteiger charge is 2.19. The van der Waals surface area contributed by atoms with Gasteiger partial charge in [-0.05, 0) is 54.3 Å². The maximum absolute atomic E-state index is 5.96. The van der Waals surface area contributed by atoms with E-state index in [2.05, 4.69) is 44.5 Å². The number of hydrogen-bond acceptors (Lipinski definition) is 6. The van der Waals surface area contributed by atoms with Crippen LogP contribution in [0.5, 0.6) is 5.75 Å². The van der Waals surface area contributed by atoms with Gasteiger partial charge in [0.25, 0.3) is 0 Å². The summed E-state index contributed by atoms with van der Waals surface area (Å²) in [5.41, 5.74) is 2.20. The monoisotopic (exact) mass is 383 g/mol. The largest absolute Gasteiger partial charge is 0.494 e. The average Bonchev–Trinajstić information content (AvgIpc) is 3.22. The Morgan fingerprint density at radius 3 is 2.89 bits per heavy atom. The van der Waals surface area contributed by atoms with Crippen LogP contribution in [0.2, 0.25) is 0 Å². The summed E-state index contributed by atoms with van der Waals surface area (Å²) in [7, 11) is 1.69. The van der Waals surface area contributed by atoms with Gasteiger partial charge in [-0.15, -0.1) is 5.10 Å². The van der Waals surface area contributed by atoms with Crippen molar-refractivity contribution in [2.75, 3.05) is 25.3 Å². The second-order valence-electron chi connectivity index (χ2n) is 7.50. The number of benzene rings is 1. The number of hydroxylamine groups is 1. The third-order valence-corrected chi connectivity index (χ3v) is 5.60. The first-order valence-electron chi connectivity index (χ1n) is 10.4. The van der Waals surface area contributed by atoms with E-state index in [1.165, 1.54) is 32.1 Å². The van der Waals surface area contributed by atoms with Gasteiger partial charge in [0, 0.05) is 12.0 Å². The zero-order valence-electron chi connectivity index (χ0n) is 16.6. The van der Waals surface area contributed by atoms with E-state index in [9.17, 15) is 0 Å². The summed E-state index contributed by atoms with van der Waals surface area (Å²) in [4.78, 5) is 5.38. The fraction of sp³-hybridized carbons (Fsp3) is 0.571. The van der Waals surface area contributed by atoms with Crippen LogP contribution in [-0.2, 0) is 11.3 Å². The Hall–Kier alpha value is -2.41. The molecule has 0 radical (unpaired) electrons. The van der Waals surface area contributed by atoms with E-state index in [1.54, 1.807) is 7.11 Å². The highest BCUT2D eigenvalue weighted by molar-refractivity contribution is 5.71. The molecule has 1 aliphatic heterocycles. The lowest BCUT2D eigenvalue weighted by molar-refractivity contribution is 0.174. The van der Waals surface area contributed by atoms with Crippen LogP contribution >= 0.6 is 0 Å². The van der Waals surface area contributed by atoms with Gasteiger partial charge in [0.2, 0.25) is 0 Å². The molecule has 0 saturated heterocycles. The number of aryl methyl sites for hydroxylation is 1. The van der Waals surface area contributed by atoms with Gasteiger partial charge < -0.3 is 4.74 Å². The van der Waals surface area contributed by atoms with Gasteiger partial charge in [0.05, 0.1) is 32.0 Å². The Labute approximate surface area is 166 Å². The smallest absolute Gasteiger partial charge is 0.151 e. The van der Waals surface area contributed by atoms with Crippen LogP contribution in [-0.4, -0.2) is 40.5 Å². The molecule has 0 unspecified atom stereocenters. The molecule has 1 aliphatic carbocycles. The summed E-state index contributed by atoms with van der Waals surface area (Å²) in [6.45, 7) is 1.46. The number of hydrogen-bond donors (Lipinski definition) is 0. The first kappa shape index (κ1) is 18.9. The molecule has 0 bridgehead atoms. The van der Waals surface area contributed by atoms with Crippen molar-refractivity contribution in [2.24, 2.45) is 0 Å². The number of nitrogens with zero attached hydrogens (tertiary/aromatic N) is 5. The Bertz CT molecular complexity index is 798. The van der Waals surface area contributed by atoms with Crippen molar-refractivity contribution in [3.63, 3.8) is 0 Å². The van der Waals surface area contributed by atoms with Gasteiger partial charge in [-0.1, -0.05) is 31.4 Å². The van der Waals surface area contributed by atoms with Gasteiger partial charge in [0.15, 0.2) is 5.82 Å². The Morgan fingerprint density at radius 2 is 2.04 bits per heavy atom. The molecular formula is C21H29N5O2. The van der Waals surface area contributed by atoms with E-state index in [-0.39, 0.29) is 0 Å². The number of anilines is 1. The maximum atomic E-state index is 5.96. The quantitative estimate of drug-likeness (QED) is 0.643. The zero-order valence-corrected chi connectivity index (χ0v) is 16.6. The summed E-state index contributed by atoms with van der Waals surface area (Å²) in [6.07, 6.45) is 13.4. The van der Waals surface area contributed by atoms with Crippen molar-refractivity contribution in [3.8, 4) is 5.75 Å². The molecule has 1 aromatic heterocycles. The summed E-state index contributed by atoms with van der Waals surface area (Å²) in [5, 5.41) is 14.3. The van der Waals surface area contributed by atoms with Crippen molar-refractivity contribution < 1.29 is 9.57 Å². The molecule has 0 N–H and O–H groups in total. The highest BCUT2D eigenvalue weighted by Crippen LogP contribution is 2.30. The highest BCUT2D eigenvalue weighted by atomic mass is 16.7. The van der Waals surface area contributed by atoms with E-state index in [4.69, 9.17) is 9.57 Å². The normalized spacial score (nSPS) is 17.0. The van der Waals surface area contributed by atoms with Crippen molar-refractivity contribution in [2.45, 2.75) is 57.4 Å². The number of ether oxygens (including phenoxy) is 1. The molecule has 1 aromatic carbocycles. The molecule has 1 fully saturated rings. The van der Waals surface area contributed by atoms with Crippen LogP contribution in [0.1, 0.15) is 62.4 Å². The van der Waals surface area contributed by atoms with E-state index in [0.717, 1.165) is 48.6 Å². The van der Waals surface area contributed by atoms with Crippen LogP contribution in [0.25, 0.3) is 6.08 Å². The van der Waals surface area contributed by atoms with Crippen molar-refractivity contribution in [1.29, 1.82) is 0 Å². The van der Waals surface area contributed by atoms with Crippen molar-refractivity contribution in [3.05, 3.63) is 35.7 Å². The lowest BCUT2D eigenvalue weighted by atomic mass is 9.95. The van der Waals surface area contributed by atoms with Gasteiger partial charge in [-0.2, -0.15) is 0 Å². The molecule has 2 heterocycles. The van der Waals surface area contributed by atoms with Crippen LogP contribution in [0.15, 0.2) is 24.3 Å². The van der Waals surface area contributed by atoms with Gasteiger partial charge in [-0.3, -0.25) is 9.90 Å². The maximum Gasteiger partial charge on any atom is 0.151 e. The lowest BCUT2D eigenvalue weighted by Crippen LogP contribution is -2.24. The predicted molar refractivity (Wildman–Crippen MR) is 108 cm³/mol. The number of fused-ring (bicyclic) bond motifs is 1. The van der Waals surface area contributed by atoms with Crippen LogP contribution in [0, 0.1) is 0 Å². The minimum atomic E-state index is 0.491. The summed E-state index contributed by atoms with van der Waals surface area (Å²) < 4.78 is 8.02. The number of aromatic nitrogens is 4. The van der Waals surface area contributed by atoms with Crippen LogP contribution in [0.4, 0.5) is 5.69 Å². The number of unbranched alkanes of at least 4 members (excludes halogenated alkanes) is 1. The fourth-order valence-corrected chi connectivity index (χ4v) is 4.09.